The number of hydrogen-bond acceptors (Lipinski definition) is 4. The number of benzene rings is 1. The second-order valence-electron chi connectivity index (χ2n) is 5.61. The number of hydrogen-bond donors (Lipinski definition) is 1. The van der Waals surface area contributed by atoms with Crippen molar-refractivity contribution in [2.45, 2.75) is 18.8 Å². The van der Waals surface area contributed by atoms with Crippen LogP contribution >= 0.6 is 0 Å². The van der Waals surface area contributed by atoms with Crippen molar-refractivity contribution >= 4 is 22.5 Å². The standard InChI is InChI=1S/C16H17N3O2/c1-19(2)9-12-14(20)7-10(8-15(12)21)16-11-5-3-4-6-13(11)17-18-16/h3-6,9-10H,7-8H2,1-2H3,(H,17,18). The Morgan fingerprint density at radius 1 is 1.19 bits per heavy atom. The Morgan fingerprint density at radius 2 is 1.86 bits per heavy atom. The molecule has 0 amide bonds. The lowest BCUT2D eigenvalue weighted by molar-refractivity contribution is -0.124. The average molecular weight is 283 g/mol. The Hall–Kier alpha value is -2.43. The average Bonchev–Trinajstić information content (AvgIpc) is 2.86. The highest BCUT2D eigenvalue weighted by molar-refractivity contribution is 6.22. The SMILES string of the molecule is CN(C)C=C1C(=O)CC(c2[nH]nc3ccccc23)CC1=O. The monoisotopic (exact) mass is 283 g/mol. The molecule has 1 fully saturated rings. The van der Waals surface area contributed by atoms with E-state index in [-0.39, 0.29) is 17.5 Å². The topological polar surface area (TPSA) is 66.1 Å². The van der Waals surface area contributed by atoms with E-state index >= 15 is 0 Å². The van der Waals surface area contributed by atoms with E-state index in [0.29, 0.717) is 18.4 Å². The fraction of sp³-hybridized carbons (Fsp3) is 0.312. The molecule has 0 spiro atoms. The number of para-hydroxylation sites is 1. The second-order valence-corrected chi connectivity index (χ2v) is 5.61. The highest BCUT2D eigenvalue weighted by atomic mass is 16.1. The fourth-order valence-electron chi connectivity index (χ4n) is 2.79. The molecule has 1 saturated carbocycles. The molecule has 5 heteroatoms. The van der Waals surface area contributed by atoms with Crippen LogP contribution in [0, 0.1) is 0 Å². The lowest BCUT2D eigenvalue weighted by atomic mass is 9.81. The fourth-order valence-corrected chi connectivity index (χ4v) is 2.79. The van der Waals surface area contributed by atoms with E-state index in [1.54, 1.807) is 11.1 Å². The highest BCUT2D eigenvalue weighted by Crippen LogP contribution is 2.34. The third-order valence-electron chi connectivity index (χ3n) is 3.75. The third-order valence-corrected chi connectivity index (χ3v) is 3.75. The van der Waals surface area contributed by atoms with Crippen LogP contribution in [-0.4, -0.2) is 40.8 Å². The van der Waals surface area contributed by atoms with Crippen molar-refractivity contribution in [2.24, 2.45) is 0 Å². The minimum absolute atomic E-state index is 0.0939. The molecule has 21 heavy (non-hydrogen) atoms. The maximum absolute atomic E-state index is 12.2. The summed E-state index contributed by atoms with van der Waals surface area (Å²) in [7, 11) is 3.62. The van der Waals surface area contributed by atoms with Gasteiger partial charge >= 0.3 is 0 Å². The third kappa shape index (κ3) is 2.46. The van der Waals surface area contributed by atoms with Crippen molar-refractivity contribution in [3.63, 3.8) is 0 Å². The number of ketones is 2. The highest BCUT2D eigenvalue weighted by Gasteiger charge is 2.33. The summed E-state index contributed by atoms with van der Waals surface area (Å²) < 4.78 is 0. The van der Waals surface area contributed by atoms with Gasteiger partial charge in [0.1, 0.15) is 0 Å². The minimum Gasteiger partial charge on any atom is -0.383 e. The van der Waals surface area contributed by atoms with Gasteiger partial charge in [0.15, 0.2) is 11.6 Å². The zero-order chi connectivity index (χ0) is 15.0. The van der Waals surface area contributed by atoms with Crippen molar-refractivity contribution in [1.29, 1.82) is 0 Å². The molecule has 0 saturated heterocycles. The number of aromatic nitrogens is 2. The van der Waals surface area contributed by atoms with Gasteiger partial charge in [0, 0.05) is 50.1 Å². The number of carbonyl (C=O) groups is 2. The maximum atomic E-state index is 12.2. The van der Waals surface area contributed by atoms with Crippen molar-refractivity contribution < 1.29 is 9.59 Å². The van der Waals surface area contributed by atoms with Gasteiger partial charge < -0.3 is 4.90 Å². The summed E-state index contributed by atoms with van der Waals surface area (Å²) in [6, 6.07) is 7.74. The second kappa shape index (κ2) is 5.16. The Bertz CT molecular complexity index is 723. The van der Waals surface area contributed by atoms with E-state index in [4.69, 9.17) is 0 Å². The minimum atomic E-state index is -0.114. The van der Waals surface area contributed by atoms with E-state index in [9.17, 15) is 9.59 Å². The predicted octanol–water partition coefficient (Wildman–Crippen LogP) is 2.02. The first-order valence-electron chi connectivity index (χ1n) is 6.94. The number of nitrogens with zero attached hydrogens (tertiary/aromatic N) is 2. The van der Waals surface area contributed by atoms with Crippen LogP contribution in [0.3, 0.4) is 0 Å². The molecule has 108 valence electrons. The number of fused-ring (bicyclic) bond motifs is 1. The molecule has 0 unspecified atom stereocenters. The van der Waals surface area contributed by atoms with E-state index in [2.05, 4.69) is 10.2 Å². The van der Waals surface area contributed by atoms with Crippen LogP contribution in [-0.2, 0) is 9.59 Å². The zero-order valence-electron chi connectivity index (χ0n) is 12.1. The Balaban J connectivity index is 1.93. The van der Waals surface area contributed by atoms with Crippen LogP contribution in [0.25, 0.3) is 10.9 Å². The quantitative estimate of drug-likeness (QED) is 0.676. The number of Topliss-reactive ketones (excluding diaryl/α,β-unsaturated/α-hetero) is 2. The van der Waals surface area contributed by atoms with Gasteiger partial charge in [-0.2, -0.15) is 5.10 Å². The Morgan fingerprint density at radius 3 is 2.52 bits per heavy atom. The van der Waals surface area contributed by atoms with Gasteiger partial charge in [0.2, 0.25) is 0 Å². The lowest BCUT2D eigenvalue weighted by Crippen LogP contribution is -2.26. The number of nitrogens with one attached hydrogen (secondary N) is 1. The summed E-state index contributed by atoms with van der Waals surface area (Å²) in [4.78, 5) is 26.2. The van der Waals surface area contributed by atoms with Gasteiger partial charge in [-0.15, -0.1) is 0 Å². The van der Waals surface area contributed by atoms with Crippen molar-refractivity contribution in [1.82, 2.24) is 15.1 Å². The number of rotatable bonds is 2. The molecule has 1 heterocycles. The lowest BCUT2D eigenvalue weighted by Gasteiger charge is -2.22. The normalized spacial score (nSPS) is 19.1. The molecule has 1 aliphatic carbocycles. The molecule has 1 aromatic heterocycles. The van der Waals surface area contributed by atoms with Gasteiger partial charge in [0.05, 0.1) is 11.1 Å². The van der Waals surface area contributed by atoms with Crippen molar-refractivity contribution in [3.8, 4) is 0 Å². The summed E-state index contributed by atoms with van der Waals surface area (Å²) in [6.45, 7) is 0. The molecule has 1 N–H and O–H groups in total. The van der Waals surface area contributed by atoms with Gasteiger partial charge in [-0.05, 0) is 6.07 Å². The van der Waals surface area contributed by atoms with Crippen LogP contribution < -0.4 is 0 Å². The van der Waals surface area contributed by atoms with E-state index < -0.39 is 0 Å². The summed E-state index contributed by atoms with van der Waals surface area (Å²) >= 11 is 0. The van der Waals surface area contributed by atoms with Crippen LogP contribution in [0.15, 0.2) is 36.0 Å². The van der Waals surface area contributed by atoms with Gasteiger partial charge in [-0.1, -0.05) is 18.2 Å². The molecule has 5 nitrogen and oxygen atoms in total. The van der Waals surface area contributed by atoms with Crippen LogP contribution in [0.5, 0.6) is 0 Å². The largest absolute Gasteiger partial charge is 0.383 e. The molecule has 0 atom stereocenters. The number of aromatic amines is 1. The summed E-state index contributed by atoms with van der Waals surface area (Å²) in [5, 5.41) is 8.23. The van der Waals surface area contributed by atoms with E-state index in [1.807, 2.05) is 38.4 Å². The zero-order valence-corrected chi connectivity index (χ0v) is 12.1. The molecular weight excluding hydrogens is 266 g/mol. The smallest absolute Gasteiger partial charge is 0.168 e. The number of carbonyl (C=O) groups excluding carboxylic acids is 2. The first kappa shape index (κ1) is 13.5. The summed E-state index contributed by atoms with van der Waals surface area (Å²) in [6.07, 6.45) is 2.31. The summed E-state index contributed by atoms with van der Waals surface area (Å²) in [5.74, 6) is -0.302. The van der Waals surface area contributed by atoms with Crippen molar-refractivity contribution in [2.75, 3.05) is 14.1 Å². The molecule has 0 bridgehead atoms. The summed E-state index contributed by atoms with van der Waals surface area (Å²) in [5.41, 5.74) is 2.05. The van der Waals surface area contributed by atoms with E-state index in [1.165, 1.54) is 0 Å². The first-order chi connectivity index (χ1) is 10.1. The maximum Gasteiger partial charge on any atom is 0.168 e. The van der Waals surface area contributed by atoms with Gasteiger partial charge in [0.25, 0.3) is 0 Å². The first-order valence-corrected chi connectivity index (χ1v) is 6.94. The number of allylic oxidation sites excluding steroid dienone is 1. The van der Waals surface area contributed by atoms with Crippen molar-refractivity contribution in [3.05, 3.63) is 41.7 Å². The molecule has 3 rings (SSSR count). The van der Waals surface area contributed by atoms with Crippen LogP contribution in [0.4, 0.5) is 0 Å². The Labute approximate surface area is 122 Å². The Kier molecular flexibility index (Phi) is 3.33. The molecule has 0 radical (unpaired) electrons. The molecule has 0 aliphatic heterocycles. The van der Waals surface area contributed by atoms with Gasteiger partial charge in [-0.3, -0.25) is 14.7 Å². The molecule has 1 aliphatic rings. The molecule has 2 aromatic rings. The molecular formula is C16H17N3O2. The van der Waals surface area contributed by atoms with Crippen LogP contribution in [0.2, 0.25) is 0 Å². The predicted molar refractivity (Wildman–Crippen MR) is 79.9 cm³/mol. The number of H-pyrrole nitrogens is 1. The van der Waals surface area contributed by atoms with Gasteiger partial charge in [-0.25, -0.2) is 0 Å². The van der Waals surface area contributed by atoms with E-state index in [0.717, 1.165) is 16.6 Å². The van der Waals surface area contributed by atoms with Crippen LogP contribution in [0.1, 0.15) is 24.5 Å². The molecule has 1 aromatic carbocycles.